The van der Waals surface area contributed by atoms with E-state index >= 15 is 0 Å². The molecule has 2 heterocycles. The smallest absolute Gasteiger partial charge is 0.179 e. The zero-order valence-corrected chi connectivity index (χ0v) is 11.5. The number of hydrogen-bond donors (Lipinski definition) is 0. The minimum absolute atomic E-state index is 0.00988. The number of hydrogen-bond acceptors (Lipinski definition) is 4. The van der Waals surface area contributed by atoms with Crippen LogP contribution in [0.15, 0.2) is 56.7 Å². The minimum atomic E-state index is -1.28. The molecule has 0 saturated heterocycles. The maximum absolute atomic E-state index is 12.2. The molecule has 3 aromatic rings. The van der Waals surface area contributed by atoms with Gasteiger partial charge in [-0.3, -0.25) is 9.00 Å². The maximum Gasteiger partial charge on any atom is 0.179 e. The van der Waals surface area contributed by atoms with Gasteiger partial charge in [-0.05, 0) is 17.5 Å². The lowest BCUT2D eigenvalue weighted by molar-refractivity contribution is 0.102. The Morgan fingerprint density at radius 3 is 2.84 bits per heavy atom. The number of furan rings is 1. The van der Waals surface area contributed by atoms with Gasteiger partial charge in [0.25, 0.3) is 0 Å². The van der Waals surface area contributed by atoms with Crippen molar-refractivity contribution in [2.45, 2.75) is 4.21 Å². The summed E-state index contributed by atoms with van der Waals surface area (Å²) in [5.74, 6) is -0.166. The normalized spacial score (nSPS) is 12.6. The molecule has 96 valence electrons. The van der Waals surface area contributed by atoms with Crippen molar-refractivity contribution in [3.05, 3.63) is 53.6 Å². The molecule has 0 saturated carbocycles. The average molecular weight is 290 g/mol. The molecule has 3 nitrogen and oxygen atoms in total. The zero-order chi connectivity index (χ0) is 13.2. The Labute approximate surface area is 116 Å². The number of carbonyl (C=O) groups excluding carboxylic acids is 1. The Kier molecular flexibility index (Phi) is 3.31. The van der Waals surface area contributed by atoms with E-state index in [-0.39, 0.29) is 11.5 Å². The summed E-state index contributed by atoms with van der Waals surface area (Å²) in [4.78, 5) is 12.2. The average Bonchev–Trinajstić information content (AvgIpc) is 3.08. The van der Waals surface area contributed by atoms with Gasteiger partial charge in [-0.15, -0.1) is 11.3 Å². The first-order valence-corrected chi connectivity index (χ1v) is 7.87. The van der Waals surface area contributed by atoms with Crippen LogP contribution in [0.4, 0.5) is 0 Å². The van der Waals surface area contributed by atoms with E-state index in [1.807, 2.05) is 35.7 Å². The van der Waals surface area contributed by atoms with Crippen LogP contribution in [0.1, 0.15) is 10.4 Å². The van der Waals surface area contributed by atoms with Gasteiger partial charge in [-0.25, -0.2) is 0 Å². The fraction of sp³-hybridized carbons (Fsp3) is 0.0714. The first-order valence-electron chi connectivity index (χ1n) is 5.67. The van der Waals surface area contributed by atoms with Crippen LogP contribution in [0, 0.1) is 0 Å². The highest BCUT2D eigenvalue weighted by atomic mass is 32.2. The van der Waals surface area contributed by atoms with Crippen LogP contribution in [0.5, 0.6) is 0 Å². The fourth-order valence-corrected chi connectivity index (χ4v) is 3.84. The van der Waals surface area contributed by atoms with Crippen molar-refractivity contribution < 1.29 is 13.4 Å². The van der Waals surface area contributed by atoms with E-state index in [1.54, 1.807) is 6.07 Å². The molecule has 0 aliphatic rings. The van der Waals surface area contributed by atoms with Crippen LogP contribution < -0.4 is 0 Å². The number of rotatable bonds is 4. The third-order valence-electron chi connectivity index (χ3n) is 2.76. The topological polar surface area (TPSA) is 47.3 Å². The predicted molar refractivity (Wildman–Crippen MR) is 76.1 cm³/mol. The first kappa shape index (κ1) is 12.3. The maximum atomic E-state index is 12.2. The third kappa shape index (κ3) is 2.39. The molecule has 0 N–H and O–H groups in total. The molecular weight excluding hydrogens is 280 g/mol. The predicted octanol–water partition coefficient (Wildman–Crippen LogP) is 3.48. The van der Waals surface area contributed by atoms with Gasteiger partial charge in [0.15, 0.2) is 5.78 Å². The van der Waals surface area contributed by atoms with E-state index in [0.29, 0.717) is 11.1 Å². The van der Waals surface area contributed by atoms with E-state index in [1.165, 1.54) is 17.6 Å². The second-order valence-corrected chi connectivity index (χ2v) is 6.62. The molecular formula is C14H10O3S2. The summed E-state index contributed by atoms with van der Waals surface area (Å²) in [6.45, 7) is 0. The van der Waals surface area contributed by atoms with Crippen molar-refractivity contribution in [1.29, 1.82) is 0 Å². The van der Waals surface area contributed by atoms with Crippen molar-refractivity contribution in [3.8, 4) is 0 Å². The number of Topliss-reactive ketones (excluding diaryl/α,β-unsaturated/α-hetero) is 1. The van der Waals surface area contributed by atoms with E-state index in [9.17, 15) is 9.00 Å². The van der Waals surface area contributed by atoms with Crippen LogP contribution in [0.3, 0.4) is 0 Å². The van der Waals surface area contributed by atoms with Crippen molar-refractivity contribution in [2.24, 2.45) is 0 Å². The molecule has 0 amide bonds. The van der Waals surface area contributed by atoms with Gasteiger partial charge >= 0.3 is 0 Å². The van der Waals surface area contributed by atoms with Gasteiger partial charge in [0.2, 0.25) is 0 Å². The van der Waals surface area contributed by atoms with Gasteiger partial charge < -0.3 is 4.42 Å². The molecule has 1 atom stereocenters. The molecule has 1 aromatic carbocycles. The van der Waals surface area contributed by atoms with Crippen LogP contribution in [-0.4, -0.2) is 15.7 Å². The second kappa shape index (κ2) is 5.11. The lowest BCUT2D eigenvalue weighted by Crippen LogP contribution is -2.09. The quantitative estimate of drug-likeness (QED) is 0.691. The Morgan fingerprint density at radius 2 is 2.05 bits per heavy atom. The number of fused-ring (bicyclic) bond motifs is 1. The minimum Gasteiger partial charge on any atom is -0.464 e. The van der Waals surface area contributed by atoms with Gasteiger partial charge in [0.05, 0.1) is 26.3 Å². The molecule has 0 bridgehead atoms. The third-order valence-corrected chi connectivity index (χ3v) is 5.38. The summed E-state index contributed by atoms with van der Waals surface area (Å²) >= 11 is 1.40. The number of ketones is 1. The highest BCUT2D eigenvalue weighted by molar-refractivity contribution is 7.88. The van der Waals surface area contributed by atoms with Crippen LogP contribution in [0.2, 0.25) is 0 Å². The molecule has 0 aliphatic carbocycles. The lowest BCUT2D eigenvalue weighted by Gasteiger charge is -1.98. The van der Waals surface area contributed by atoms with E-state index < -0.39 is 10.8 Å². The van der Waals surface area contributed by atoms with Crippen LogP contribution >= 0.6 is 11.3 Å². The Balaban J connectivity index is 1.86. The summed E-state index contributed by atoms with van der Waals surface area (Å²) in [7, 11) is -1.28. The fourth-order valence-electron chi connectivity index (χ4n) is 1.85. The number of thiophene rings is 1. The van der Waals surface area contributed by atoms with Crippen molar-refractivity contribution >= 4 is 38.9 Å². The van der Waals surface area contributed by atoms with E-state index in [4.69, 9.17) is 4.42 Å². The molecule has 5 heteroatoms. The van der Waals surface area contributed by atoms with Gasteiger partial charge in [0.1, 0.15) is 11.8 Å². The largest absolute Gasteiger partial charge is 0.464 e. The van der Waals surface area contributed by atoms with Crippen molar-refractivity contribution in [1.82, 2.24) is 0 Å². The number of para-hydroxylation sites is 1. The molecule has 2 aromatic heterocycles. The molecule has 0 aliphatic heterocycles. The van der Waals surface area contributed by atoms with Crippen LogP contribution in [0.25, 0.3) is 11.0 Å². The summed E-state index contributed by atoms with van der Waals surface area (Å²) in [5, 5.41) is 2.63. The Hall–Kier alpha value is -1.72. The number of carbonyl (C=O) groups is 1. The highest BCUT2D eigenvalue weighted by Crippen LogP contribution is 2.22. The zero-order valence-electron chi connectivity index (χ0n) is 9.87. The van der Waals surface area contributed by atoms with E-state index in [0.717, 1.165) is 9.60 Å². The molecule has 0 spiro atoms. The standard InChI is InChI=1S/C14H10O3S2/c15-12(9-19(16)14-6-3-7-18-14)11-8-17-13-5-2-1-4-10(11)13/h1-8H,9H2. The van der Waals surface area contributed by atoms with Gasteiger partial charge in [-0.1, -0.05) is 24.3 Å². The van der Waals surface area contributed by atoms with Crippen LogP contribution in [-0.2, 0) is 10.8 Å². The summed E-state index contributed by atoms with van der Waals surface area (Å²) < 4.78 is 18.1. The highest BCUT2D eigenvalue weighted by Gasteiger charge is 2.17. The number of benzene rings is 1. The summed E-state index contributed by atoms with van der Waals surface area (Å²) in [6.07, 6.45) is 1.44. The second-order valence-electron chi connectivity index (χ2n) is 3.99. The first-order chi connectivity index (χ1) is 9.25. The Bertz CT molecular complexity index is 741. The summed E-state index contributed by atoms with van der Waals surface area (Å²) in [6, 6.07) is 11.0. The van der Waals surface area contributed by atoms with Gasteiger partial charge in [0, 0.05) is 5.39 Å². The molecule has 0 fully saturated rings. The molecule has 0 radical (unpaired) electrons. The molecule has 1 unspecified atom stereocenters. The molecule has 19 heavy (non-hydrogen) atoms. The Morgan fingerprint density at radius 1 is 1.21 bits per heavy atom. The monoisotopic (exact) mass is 290 g/mol. The molecule has 3 rings (SSSR count). The van der Waals surface area contributed by atoms with Crippen molar-refractivity contribution in [3.63, 3.8) is 0 Å². The van der Waals surface area contributed by atoms with Gasteiger partial charge in [-0.2, -0.15) is 0 Å². The van der Waals surface area contributed by atoms with E-state index in [2.05, 4.69) is 0 Å². The lowest BCUT2D eigenvalue weighted by atomic mass is 10.1. The SMILES string of the molecule is O=C(CS(=O)c1cccs1)c1coc2ccccc12. The summed E-state index contributed by atoms with van der Waals surface area (Å²) in [5.41, 5.74) is 1.17. The van der Waals surface area contributed by atoms with Crippen molar-refractivity contribution in [2.75, 3.05) is 5.75 Å².